The summed E-state index contributed by atoms with van der Waals surface area (Å²) in [6, 6.07) is 6.68. The first-order valence-corrected chi connectivity index (χ1v) is 7.99. The predicted octanol–water partition coefficient (Wildman–Crippen LogP) is 2.67. The first kappa shape index (κ1) is 18.4. The summed E-state index contributed by atoms with van der Waals surface area (Å²) in [6.07, 6.45) is 3.21. The van der Waals surface area contributed by atoms with E-state index in [9.17, 15) is 4.39 Å². The zero-order valence-corrected chi connectivity index (χ0v) is 15.9. The maximum Gasteiger partial charge on any atom is 0.193 e. The van der Waals surface area contributed by atoms with E-state index in [2.05, 4.69) is 15.2 Å². The van der Waals surface area contributed by atoms with E-state index in [1.54, 1.807) is 0 Å². The fourth-order valence-electron chi connectivity index (χ4n) is 3.39. The Morgan fingerprint density at radius 2 is 2.13 bits per heavy atom. The van der Waals surface area contributed by atoms with Crippen molar-refractivity contribution in [3.63, 3.8) is 0 Å². The number of aliphatic imine (C=N–C) groups is 1. The zero-order valence-electron chi connectivity index (χ0n) is 13.6. The van der Waals surface area contributed by atoms with Crippen molar-refractivity contribution in [2.24, 2.45) is 10.4 Å². The molecule has 23 heavy (non-hydrogen) atoms. The minimum atomic E-state index is -0.186. The summed E-state index contributed by atoms with van der Waals surface area (Å²) in [6.45, 7) is 4.65. The Balaban J connectivity index is 0.00000192. The van der Waals surface area contributed by atoms with Crippen molar-refractivity contribution >= 4 is 29.9 Å². The summed E-state index contributed by atoms with van der Waals surface area (Å²) < 4.78 is 18.5. The van der Waals surface area contributed by atoms with Crippen LogP contribution < -0.4 is 5.32 Å². The Hall–Kier alpha value is -0.890. The number of nitrogens with zero attached hydrogens (tertiary/aromatic N) is 2. The Morgan fingerprint density at radius 3 is 2.78 bits per heavy atom. The van der Waals surface area contributed by atoms with Gasteiger partial charge in [0.05, 0.1) is 6.61 Å². The lowest BCUT2D eigenvalue weighted by atomic mass is 9.87. The van der Waals surface area contributed by atoms with Crippen molar-refractivity contribution in [2.45, 2.75) is 19.3 Å². The molecule has 0 radical (unpaired) electrons. The van der Waals surface area contributed by atoms with Crippen LogP contribution >= 0.6 is 24.0 Å². The first-order valence-electron chi connectivity index (χ1n) is 7.99. The Morgan fingerprint density at radius 1 is 1.35 bits per heavy atom. The van der Waals surface area contributed by atoms with Gasteiger partial charge in [0.1, 0.15) is 5.82 Å². The van der Waals surface area contributed by atoms with Gasteiger partial charge in [0, 0.05) is 38.7 Å². The SMILES string of the molecule is CN=C(NCCc1ccc(F)cc1)N1CCC2(CCOC2)C1.I. The standard InChI is InChI=1S/C17H24FN3O.HI/c1-19-16(20-9-6-14-2-4-15(18)5-3-14)21-10-7-17(12-21)8-11-22-13-17;/h2-5H,6-13H2,1H3,(H,19,20);1H. The van der Waals surface area contributed by atoms with Gasteiger partial charge in [-0.3, -0.25) is 4.99 Å². The largest absolute Gasteiger partial charge is 0.381 e. The van der Waals surface area contributed by atoms with Crippen LogP contribution in [0.2, 0.25) is 0 Å². The molecule has 2 saturated heterocycles. The van der Waals surface area contributed by atoms with E-state index in [4.69, 9.17) is 4.74 Å². The van der Waals surface area contributed by atoms with E-state index in [-0.39, 0.29) is 29.8 Å². The highest BCUT2D eigenvalue weighted by Gasteiger charge is 2.42. The number of nitrogens with one attached hydrogen (secondary N) is 1. The van der Waals surface area contributed by atoms with Gasteiger partial charge in [0.2, 0.25) is 0 Å². The van der Waals surface area contributed by atoms with Gasteiger partial charge in [-0.1, -0.05) is 12.1 Å². The number of halogens is 2. The van der Waals surface area contributed by atoms with E-state index in [0.29, 0.717) is 5.41 Å². The molecule has 0 saturated carbocycles. The number of rotatable bonds is 3. The molecule has 1 aromatic carbocycles. The van der Waals surface area contributed by atoms with Crippen molar-refractivity contribution in [3.8, 4) is 0 Å². The molecule has 4 nitrogen and oxygen atoms in total. The van der Waals surface area contributed by atoms with Crippen LogP contribution in [0.3, 0.4) is 0 Å². The summed E-state index contributed by atoms with van der Waals surface area (Å²) in [5.41, 5.74) is 1.47. The molecule has 0 amide bonds. The van der Waals surface area contributed by atoms with Gasteiger partial charge >= 0.3 is 0 Å². The second-order valence-corrected chi connectivity index (χ2v) is 6.32. The van der Waals surface area contributed by atoms with Gasteiger partial charge < -0.3 is 15.0 Å². The normalized spacial score (nSPS) is 24.1. The van der Waals surface area contributed by atoms with Gasteiger partial charge in [0.15, 0.2) is 5.96 Å². The maximum absolute atomic E-state index is 12.9. The molecular weight excluding hydrogens is 408 g/mol. The Bertz CT molecular complexity index is 529. The molecule has 1 atom stereocenters. The smallest absolute Gasteiger partial charge is 0.193 e. The maximum atomic E-state index is 12.9. The average molecular weight is 433 g/mol. The molecule has 0 aromatic heterocycles. The summed E-state index contributed by atoms with van der Waals surface area (Å²) in [7, 11) is 1.83. The minimum Gasteiger partial charge on any atom is -0.381 e. The molecule has 1 aromatic rings. The van der Waals surface area contributed by atoms with Gasteiger partial charge in [0.25, 0.3) is 0 Å². The van der Waals surface area contributed by atoms with Gasteiger partial charge in [-0.05, 0) is 37.0 Å². The molecule has 2 heterocycles. The lowest BCUT2D eigenvalue weighted by Crippen LogP contribution is -2.42. The molecule has 1 unspecified atom stereocenters. The van der Waals surface area contributed by atoms with Crippen LogP contribution in [0.25, 0.3) is 0 Å². The van der Waals surface area contributed by atoms with Crippen LogP contribution in [-0.4, -0.2) is 50.8 Å². The van der Waals surface area contributed by atoms with E-state index >= 15 is 0 Å². The molecule has 1 N–H and O–H groups in total. The first-order chi connectivity index (χ1) is 10.7. The number of guanidine groups is 1. The fourth-order valence-corrected chi connectivity index (χ4v) is 3.39. The van der Waals surface area contributed by atoms with Crippen LogP contribution in [0.15, 0.2) is 29.3 Å². The molecular formula is C17H25FIN3O. The second-order valence-electron chi connectivity index (χ2n) is 6.32. The second kappa shape index (κ2) is 8.28. The van der Waals surface area contributed by atoms with E-state index in [1.165, 1.54) is 18.6 Å². The lowest BCUT2D eigenvalue weighted by molar-refractivity contribution is 0.156. The van der Waals surface area contributed by atoms with Crippen molar-refractivity contribution < 1.29 is 9.13 Å². The number of hydrogen-bond acceptors (Lipinski definition) is 2. The minimum absolute atomic E-state index is 0. The molecule has 2 aliphatic heterocycles. The van der Waals surface area contributed by atoms with Crippen LogP contribution in [0.1, 0.15) is 18.4 Å². The van der Waals surface area contributed by atoms with Gasteiger partial charge in [-0.2, -0.15) is 0 Å². The van der Waals surface area contributed by atoms with Crippen molar-refractivity contribution in [3.05, 3.63) is 35.6 Å². The monoisotopic (exact) mass is 433 g/mol. The highest BCUT2D eigenvalue weighted by molar-refractivity contribution is 14.0. The van der Waals surface area contributed by atoms with Crippen molar-refractivity contribution in [2.75, 3.05) is 39.9 Å². The third-order valence-electron chi connectivity index (χ3n) is 4.74. The number of hydrogen-bond donors (Lipinski definition) is 1. The van der Waals surface area contributed by atoms with Gasteiger partial charge in [-0.25, -0.2) is 4.39 Å². The van der Waals surface area contributed by atoms with Crippen LogP contribution in [-0.2, 0) is 11.2 Å². The van der Waals surface area contributed by atoms with Crippen LogP contribution in [0, 0.1) is 11.2 Å². The Kier molecular flexibility index (Phi) is 6.64. The third kappa shape index (κ3) is 4.56. The zero-order chi connectivity index (χ0) is 15.4. The quantitative estimate of drug-likeness (QED) is 0.453. The molecule has 2 fully saturated rings. The molecule has 0 aliphatic carbocycles. The molecule has 6 heteroatoms. The van der Waals surface area contributed by atoms with E-state index < -0.39 is 0 Å². The van der Waals surface area contributed by atoms with E-state index in [1.807, 2.05) is 19.2 Å². The number of ether oxygens (including phenoxy) is 1. The molecule has 0 bridgehead atoms. The highest BCUT2D eigenvalue weighted by atomic mass is 127. The highest BCUT2D eigenvalue weighted by Crippen LogP contribution is 2.38. The average Bonchev–Trinajstić information content (AvgIpc) is 3.16. The fraction of sp³-hybridized carbons (Fsp3) is 0.588. The summed E-state index contributed by atoms with van der Waals surface area (Å²) in [5, 5.41) is 3.42. The summed E-state index contributed by atoms with van der Waals surface area (Å²) in [5.74, 6) is 0.777. The molecule has 1 spiro atoms. The summed E-state index contributed by atoms with van der Waals surface area (Å²) in [4.78, 5) is 6.73. The van der Waals surface area contributed by atoms with Crippen molar-refractivity contribution in [1.29, 1.82) is 0 Å². The molecule has 2 aliphatic rings. The summed E-state index contributed by atoms with van der Waals surface area (Å²) >= 11 is 0. The van der Waals surface area contributed by atoms with Gasteiger partial charge in [-0.15, -0.1) is 24.0 Å². The third-order valence-corrected chi connectivity index (χ3v) is 4.74. The van der Waals surface area contributed by atoms with Crippen LogP contribution in [0.5, 0.6) is 0 Å². The van der Waals surface area contributed by atoms with E-state index in [0.717, 1.165) is 57.2 Å². The number of likely N-dealkylation sites (tertiary alicyclic amines) is 1. The van der Waals surface area contributed by atoms with Crippen LogP contribution in [0.4, 0.5) is 4.39 Å². The molecule has 3 rings (SSSR count). The van der Waals surface area contributed by atoms with Crippen molar-refractivity contribution in [1.82, 2.24) is 10.2 Å². The molecule has 128 valence electrons. The predicted molar refractivity (Wildman–Crippen MR) is 101 cm³/mol. The lowest BCUT2D eigenvalue weighted by Gasteiger charge is -2.25. The topological polar surface area (TPSA) is 36.9 Å². The number of benzene rings is 1. The Labute approximate surface area is 154 Å².